The van der Waals surface area contributed by atoms with Crippen LogP contribution in [-0.2, 0) is 6.54 Å². The Bertz CT molecular complexity index is 903. The number of anilines is 1. The number of nitrogens with zero attached hydrogens (tertiary/aromatic N) is 6. The molecule has 3 heterocycles. The van der Waals surface area contributed by atoms with Crippen LogP contribution in [0.25, 0.3) is 11.3 Å². The number of hydrogen-bond acceptors (Lipinski definition) is 6. The lowest BCUT2D eigenvalue weighted by molar-refractivity contribution is 0.368. The molecule has 1 fully saturated rings. The quantitative estimate of drug-likeness (QED) is 0.550. The highest BCUT2D eigenvalue weighted by Gasteiger charge is 2.21. The summed E-state index contributed by atoms with van der Waals surface area (Å²) in [4.78, 5) is 17.5. The van der Waals surface area contributed by atoms with Gasteiger partial charge in [-0.05, 0) is 6.07 Å². The molecule has 2 aromatic heterocycles. The Morgan fingerprint density at radius 2 is 1.82 bits per heavy atom. The van der Waals surface area contributed by atoms with E-state index >= 15 is 0 Å². The minimum absolute atomic E-state index is 0.561. The molecule has 0 aliphatic carbocycles. The highest BCUT2D eigenvalue weighted by molar-refractivity contribution is 5.80. The van der Waals surface area contributed by atoms with E-state index in [-0.39, 0.29) is 0 Å². The molecule has 0 unspecified atom stereocenters. The molecule has 0 amide bonds. The second kappa shape index (κ2) is 8.51. The van der Waals surface area contributed by atoms with E-state index in [2.05, 4.69) is 35.2 Å². The topological polar surface area (TPSA) is 82.7 Å². The molecular formula is C20H23N7O. The Morgan fingerprint density at radius 1 is 1.07 bits per heavy atom. The first kappa shape index (κ1) is 18.0. The molecule has 0 spiro atoms. The van der Waals surface area contributed by atoms with Gasteiger partial charge in [0.2, 0.25) is 5.95 Å². The number of piperazine rings is 1. The molecule has 8 nitrogen and oxygen atoms in total. The third-order valence-electron chi connectivity index (χ3n) is 4.67. The van der Waals surface area contributed by atoms with Crippen molar-refractivity contribution in [3.63, 3.8) is 0 Å². The van der Waals surface area contributed by atoms with Gasteiger partial charge in [-0.25, -0.2) is 9.97 Å². The van der Waals surface area contributed by atoms with Gasteiger partial charge in [0.1, 0.15) is 5.69 Å². The van der Waals surface area contributed by atoms with Crippen LogP contribution in [0.15, 0.2) is 64.4 Å². The highest BCUT2D eigenvalue weighted by Crippen LogP contribution is 2.19. The lowest BCUT2D eigenvalue weighted by atomic mass is 10.2. The fraction of sp³-hybridized carbons (Fsp3) is 0.300. The molecule has 1 N–H and O–H groups in total. The van der Waals surface area contributed by atoms with Crippen molar-refractivity contribution in [2.24, 2.45) is 4.99 Å². The average Bonchev–Trinajstić information content (AvgIpc) is 3.25. The highest BCUT2D eigenvalue weighted by atomic mass is 16.5. The van der Waals surface area contributed by atoms with Gasteiger partial charge < -0.3 is 19.6 Å². The normalized spacial score (nSPS) is 15.0. The van der Waals surface area contributed by atoms with Crippen molar-refractivity contribution < 1.29 is 4.52 Å². The van der Waals surface area contributed by atoms with E-state index in [4.69, 9.17) is 4.52 Å². The van der Waals surface area contributed by atoms with E-state index in [0.717, 1.165) is 55.1 Å². The van der Waals surface area contributed by atoms with Gasteiger partial charge in [-0.15, -0.1) is 0 Å². The molecule has 0 saturated carbocycles. The maximum atomic E-state index is 5.46. The minimum atomic E-state index is 0.561. The van der Waals surface area contributed by atoms with Crippen molar-refractivity contribution in [3.05, 3.63) is 60.6 Å². The second-order valence-electron chi connectivity index (χ2n) is 6.47. The summed E-state index contributed by atoms with van der Waals surface area (Å²) in [6.07, 6.45) is 3.55. The molecule has 1 aliphatic rings. The molecule has 3 aromatic rings. The van der Waals surface area contributed by atoms with Crippen molar-refractivity contribution in [3.8, 4) is 11.3 Å². The number of aromatic nitrogens is 3. The Morgan fingerprint density at radius 3 is 2.54 bits per heavy atom. The second-order valence-corrected chi connectivity index (χ2v) is 6.47. The molecule has 4 rings (SSSR count). The zero-order valence-corrected chi connectivity index (χ0v) is 15.8. The van der Waals surface area contributed by atoms with Crippen molar-refractivity contribution in [1.82, 2.24) is 25.3 Å². The summed E-state index contributed by atoms with van der Waals surface area (Å²) in [5.41, 5.74) is 1.86. The van der Waals surface area contributed by atoms with Gasteiger partial charge in [-0.1, -0.05) is 35.5 Å². The summed E-state index contributed by atoms with van der Waals surface area (Å²) >= 11 is 0. The maximum absolute atomic E-state index is 5.46. The van der Waals surface area contributed by atoms with E-state index in [1.165, 1.54) is 0 Å². The smallest absolute Gasteiger partial charge is 0.225 e. The fourth-order valence-electron chi connectivity index (χ4n) is 3.21. The minimum Gasteiger partial charge on any atom is -0.356 e. The van der Waals surface area contributed by atoms with Crippen molar-refractivity contribution >= 4 is 11.9 Å². The van der Waals surface area contributed by atoms with E-state index in [9.17, 15) is 0 Å². The van der Waals surface area contributed by atoms with E-state index in [1.807, 2.05) is 42.5 Å². The number of aliphatic imine (C=N–C) groups is 1. The maximum Gasteiger partial charge on any atom is 0.225 e. The first-order chi connectivity index (χ1) is 13.8. The van der Waals surface area contributed by atoms with Crippen LogP contribution < -0.4 is 10.2 Å². The number of hydrogen-bond donors (Lipinski definition) is 1. The number of nitrogens with one attached hydrogen (secondary N) is 1. The van der Waals surface area contributed by atoms with Crippen LogP contribution in [0.4, 0.5) is 5.95 Å². The first-order valence-corrected chi connectivity index (χ1v) is 9.32. The van der Waals surface area contributed by atoms with E-state index in [0.29, 0.717) is 6.54 Å². The third kappa shape index (κ3) is 4.11. The lowest BCUT2D eigenvalue weighted by Gasteiger charge is -2.36. The van der Waals surface area contributed by atoms with Crippen LogP contribution in [-0.4, -0.2) is 59.2 Å². The molecule has 1 aromatic carbocycles. The van der Waals surface area contributed by atoms with Crippen molar-refractivity contribution in [2.75, 3.05) is 38.1 Å². The first-order valence-electron chi connectivity index (χ1n) is 9.32. The number of rotatable bonds is 4. The van der Waals surface area contributed by atoms with Crippen molar-refractivity contribution in [2.45, 2.75) is 6.54 Å². The molecule has 144 valence electrons. The summed E-state index contributed by atoms with van der Waals surface area (Å²) in [5.74, 6) is 2.41. The summed E-state index contributed by atoms with van der Waals surface area (Å²) in [6, 6.07) is 13.8. The number of benzene rings is 1. The molecule has 1 aliphatic heterocycles. The van der Waals surface area contributed by atoms with Gasteiger partial charge in [0, 0.05) is 57.3 Å². The van der Waals surface area contributed by atoms with E-state index < -0.39 is 0 Å². The summed E-state index contributed by atoms with van der Waals surface area (Å²) < 4.78 is 5.46. The van der Waals surface area contributed by atoms with Gasteiger partial charge >= 0.3 is 0 Å². The van der Waals surface area contributed by atoms with Gasteiger partial charge in [0.15, 0.2) is 11.7 Å². The average molecular weight is 377 g/mol. The van der Waals surface area contributed by atoms with E-state index in [1.54, 1.807) is 19.4 Å². The molecule has 0 atom stereocenters. The van der Waals surface area contributed by atoms with Crippen LogP contribution in [0.5, 0.6) is 0 Å². The van der Waals surface area contributed by atoms with Gasteiger partial charge in [0.05, 0.1) is 6.54 Å². The Kier molecular flexibility index (Phi) is 5.46. The fourth-order valence-corrected chi connectivity index (χ4v) is 3.21. The van der Waals surface area contributed by atoms with Crippen LogP contribution >= 0.6 is 0 Å². The van der Waals surface area contributed by atoms with Crippen LogP contribution in [0, 0.1) is 0 Å². The van der Waals surface area contributed by atoms with Crippen molar-refractivity contribution in [1.29, 1.82) is 0 Å². The molecule has 0 radical (unpaired) electrons. The van der Waals surface area contributed by atoms with Gasteiger partial charge in [-0.3, -0.25) is 4.99 Å². The zero-order valence-electron chi connectivity index (χ0n) is 15.8. The van der Waals surface area contributed by atoms with Crippen LogP contribution in [0.1, 0.15) is 5.69 Å². The Hall–Kier alpha value is -3.42. The Labute approximate surface area is 163 Å². The molecule has 28 heavy (non-hydrogen) atoms. The molecule has 0 bridgehead atoms. The predicted octanol–water partition coefficient (Wildman–Crippen LogP) is 2.03. The molecular weight excluding hydrogens is 354 g/mol. The van der Waals surface area contributed by atoms with Crippen LogP contribution in [0.2, 0.25) is 0 Å². The zero-order chi connectivity index (χ0) is 19.2. The lowest BCUT2D eigenvalue weighted by Crippen LogP contribution is -2.52. The third-order valence-corrected chi connectivity index (χ3v) is 4.67. The SMILES string of the molecule is CN=C(NCc1cc(-c2ccccc2)on1)N1CCN(c2ncccn2)CC1. The number of guanidine groups is 1. The molecule has 8 heteroatoms. The predicted molar refractivity (Wildman–Crippen MR) is 108 cm³/mol. The Balaban J connectivity index is 1.32. The van der Waals surface area contributed by atoms with Gasteiger partial charge in [-0.2, -0.15) is 0 Å². The van der Waals surface area contributed by atoms with Gasteiger partial charge in [0.25, 0.3) is 0 Å². The molecule has 1 saturated heterocycles. The monoisotopic (exact) mass is 377 g/mol. The summed E-state index contributed by atoms with van der Waals surface area (Å²) in [5, 5.41) is 7.54. The summed E-state index contributed by atoms with van der Waals surface area (Å²) in [6.45, 7) is 3.97. The largest absolute Gasteiger partial charge is 0.356 e. The standard InChI is InChI=1S/C20H23N7O/c1-21-19(26-10-12-27(13-11-26)20-22-8-5-9-23-20)24-15-17-14-18(28-25-17)16-6-3-2-4-7-16/h2-9,14H,10-13,15H2,1H3,(H,21,24). The van der Waals surface area contributed by atoms with Crippen LogP contribution in [0.3, 0.4) is 0 Å². The summed E-state index contributed by atoms with van der Waals surface area (Å²) in [7, 11) is 1.80.